The van der Waals surface area contributed by atoms with Gasteiger partial charge in [-0.3, -0.25) is 4.79 Å². The van der Waals surface area contributed by atoms with Crippen LogP contribution in [-0.2, 0) is 16.6 Å². The molecule has 27 heavy (non-hydrogen) atoms. The van der Waals surface area contributed by atoms with Crippen molar-refractivity contribution in [3.05, 3.63) is 54.0 Å². The Kier molecular flexibility index (Phi) is 6.68. The Bertz CT molecular complexity index is 821. The second-order valence-corrected chi connectivity index (χ2v) is 8.71. The number of hydrogen-bond donors (Lipinski definition) is 2. The molecule has 1 fully saturated rings. The second-order valence-electron chi connectivity index (χ2n) is 6.94. The molecule has 2 aromatic rings. The minimum atomic E-state index is -3.66. The number of rotatable bonds is 6. The lowest BCUT2D eigenvalue weighted by atomic mass is 9.96. The molecule has 0 spiro atoms. The molecule has 0 saturated heterocycles. The van der Waals surface area contributed by atoms with E-state index in [1.54, 1.807) is 24.3 Å². The first kappa shape index (κ1) is 19.6. The summed E-state index contributed by atoms with van der Waals surface area (Å²) in [5.41, 5.74) is 0.474. The monoisotopic (exact) mass is 390 g/mol. The molecule has 1 heterocycles. The third-order valence-corrected chi connectivity index (χ3v) is 6.30. The highest BCUT2D eigenvalue weighted by molar-refractivity contribution is 7.89. The van der Waals surface area contributed by atoms with Crippen molar-refractivity contribution in [3.63, 3.8) is 0 Å². The van der Waals surface area contributed by atoms with Crippen molar-refractivity contribution < 1.29 is 17.6 Å². The van der Waals surface area contributed by atoms with Crippen molar-refractivity contribution in [1.29, 1.82) is 0 Å². The quantitative estimate of drug-likeness (QED) is 0.789. The fourth-order valence-corrected chi connectivity index (χ4v) is 4.31. The molecule has 3 rings (SSSR count). The molecule has 1 aliphatic rings. The van der Waals surface area contributed by atoms with Gasteiger partial charge < -0.3 is 9.73 Å². The molecule has 1 aliphatic carbocycles. The lowest BCUT2D eigenvalue weighted by Crippen LogP contribution is -2.35. The van der Waals surface area contributed by atoms with E-state index >= 15 is 0 Å². The Morgan fingerprint density at radius 3 is 2.30 bits per heavy atom. The summed E-state index contributed by atoms with van der Waals surface area (Å²) in [5.74, 6) is 0.391. The highest BCUT2D eigenvalue weighted by atomic mass is 32.2. The van der Waals surface area contributed by atoms with Crippen LogP contribution in [0.5, 0.6) is 0 Å². The van der Waals surface area contributed by atoms with Crippen molar-refractivity contribution in [2.24, 2.45) is 0 Å². The largest absolute Gasteiger partial charge is 0.468 e. The van der Waals surface area contributed by atoms with Gasteiger partial charge in [0.25, 0.3) is 5.91 Å². The van der Waals surface area contributed by atoms with Gasteiger partial charge >= 0.3 is 0 Å². The molecular formula is C20H26N2O4S. The highest BCUT2D eigenvalue weighted by Crippen LogP contribution is 2.18. The van der Waals surface area contributed by atoms with Gasteiger partial charge in [-0.2, -0.15) is 0 Å². The second kappa shape index (κ2) is 9.19. The summed E-state index contributed by atoms with van der Waals surface area (Å²) >= 11 is 0. The molecule has 2 N–H and O–H groups in total. The Labute approximate surface area is 160 Å². The van der Waals surface area contributed by atoms with Crippen LogP contribution >= 0.6 is 0 Å². The van der Waals surface area contributed by atoms with E-state index in [0.717, 1.165) is 25.7 Å². The summed E-state index contributed by atoms with van der Waals surface area (Å²) in [6.45, 7) is 0.0826. The maximum absolute atomic E-state index is 12.5. The van der Waals surface area contributed by atoms with E-state index in [2.05, 4.69) is 10.0 Å². The van der Waals surface area contributed by atoms with Gasteiger partial charge in [-0.05, 0) is 49.2 Å². The van der Waals surface area contributed by atoms with Gasteiger partial charge in [-0.1, -0.05) is 32.1 Å². The first-order valence-electron chi connectivity index (χ1n) is 9.47. The van der Waals surface area contributed by atoms with Crippen molar-refractivity contribution in [2.45, 2.75) is 62.4 Å². The van der Waals surface area contributed by atoms with Crippen molar-refractivity contribution in [2.75, 3.05) is 0 Å². The van der Waals surface area contributed by atoms with Gasteiger partial charge in [-0.15, -0.1) is 0 Å². The molecule has 0 radical (unpaired) electrons. The third-order valence-electron chi connectivity index (χ3n) is 4.88. The molecule has 1 aromatic heterocycles. The molecule has 0 bridgehead atoms. The molecule has 1 amide bonds. The fourth-order valence-electron chi connectivity index (χ4n) is 3.32. The lowest BCUT2D eigenvalue weighted by molar-refractivity contribution is 0.0930. The predicted molar refractivity (Wildman–Crippen MR) is 103 cm³/mol. The predicted octanol–water partition coefficient (Wildman–Crippen LogP) is 3.60. The maximum Gasteiger partial charge on any atom is 0.251 e. The van der Waals surface area contributed by atoms with Crippen LogP contribution in [0.4, 0.5) is 0 Å². The van der Waals surface area contributed by atoms with Crippen LogP contribution in [0.3, 0.4) is 0 Å². The van der Waals surface area contributed by atoms with Crippen LogP contribution in [-0.4, -0.2) is 20.4 Å². The van der Waals surface area contributed by atoms with Crippen LogP contribution in [0.1, 0.15) is 61.1 Å². The molecule has 0 unspecified atom stereocenters. The van der Waals surface area contributed by atoms with Gasteiger partial charge in [0.15, 0.2) is 0 Å². The number of benzene rings is 1. The highest BCUT2D eigenvalue weighted by Gasteiger charge is 2.18. The summed E-state index contributed by atoms with van der Waals surface area (Å²) in [6, 6.07) is 9.63. The Hall–Kier alpha value is -2.12. The SMILES string of the molecule is O=C(NC1CCCCCCC1)c1ccc(S(=O)(=O)NCc2ccco2)cc1. The zero-order chi connectivity index (χ0) is 19.1. The van der Waals surface area contributed by atoms with Crippen LogP contribution in [0.15, 0.2) is 52.0 Å². The maximum atomic E-state index is 12.5. The summed E-state index contributed by atoms with van der Waals surface area (Å²) < 4.78 is 32.3. The fraction of sp³-hybridized carbons (Fsp3) is 0.450. The van der Waals surface area contributed by atoms with Crippen molar-refractivity contribution >= 4 is 15.9 Å². The number of hydrogen-bond acceptors (Lipinski definition) is 4. The zero-order valence-corrected chi connectivity index (χ0v) is 16.1. The van der Waals surface area contributed by atoms with Crippen molar-refractivity contribution in [1.82, 2.24) is 10.0 Å². The van der Waals surface area contributed by atoms with E-state index in [0.29, 0.717) is 11.3 Å². The van der Waals surface area contributed by atoms with Gasteiger partial charge in [0.05, 0.1) is 17.7 Å². The number of furan rings is 1. The van der Waals surface area contributed by atoms with Crippen LogP contribution in [0, 0.1) is 0 Å². The van der Waals surface area contributed by atoms with E-state index in [1.165, 1.54) is 37.7 Å². The van der Waals surface area contributed by atoms with E-state index in [9.17, 15) is 13.2 Å². The number of carbonyl (C=O) groups is 1. The topological polar surface area (TPSA) is 88.4 Å². The molecule has 1 saturated carbocycles. The summed E-state index contributed by atoms with van der Waals surface area (Å²) in [6.07, 6.45) is 9.53. The normalized spacial score (nSPS) is 16.4. The van der Waals surface area contributed by atoms with E-state index in [-0.39, 0.29) is 23.4 Å². The molecular weight excluding hydrogens is 364 g/mol. The van der Waals surface area contributed by atoms with Crippen LogP contribution < -0.4 is 10.0 Å². The summed E-state index contributed by atoms with van der Waals surface area (Å²) in [4.78, 5) is 12.6. The first-order chi connectivity index (χ1) is 13.0. The Balaban J connectivity index is 1.59. The standard InChI is InChI=1S/C20H26N2O4S/c23-20(22-17-7-4-2-1-3-5-8-17)16-10-12-19(13-11-16)27(24,25)21-15-18-9-6-14-26-18/h6,9-14,17,21H,1-5,7-8,15H2,(H,22,23). The number of carbonyl (C=O) groups excluding carboxylic acids is 1. The molecule has 1 aromatic carbocycles. The van der Waals surface area contributed by atoms with Crippen LogP contribution in [0.25, 0.3) is 0 Å². The van der Waals surface area contributed by atoms with Gasteiger partial charge in [0.2, 0.25) is 10.0 Å². The number of nitrogens with one attached hydrogen (secondary N) is 2. The average molecular weight is 391 g/mol. The van der Waals surface area contributed by atoms with E-state index in [1.807, 2.05) is 0 Å². The van der Waals surface area contributed by atoms with E-state index < -0.39 is 10.0 Å². The summed E-state index contributed by atoms with van der Waals surface area (Å²) in [7, 11) is -3.66. The Morgan fingerprint density at radius 2 is 1.67 bits per heavy atom. The minimum absolute atomic E-state index is 0.0826. The van der Waals surface area contributed by atoms with Gasteiger partial charge in [0, 0.05) is 11.6 Å². The molecule has 6 nitrogen and oxygen atoms in total. The van der Waals surface area contributed by atoms with Gasteiger partial charge in [-0.25, -0.2) is 13.1 Å². The average Bonchev–Trinajstić information content (AvgIpc) is 3.16. The molecule has 7 heteroatoms. The lowest BCUT2D eigenvalue weighted by Gasteiger charge is -2.21. The third kappa shape index (κ3) is 5.68. The Morgan fingerprint density at radius 1 is 1.00 bits per heavy atom. The number of sulfonamides is 1. The minimum Gasteiger partial charge on any atom is -0.468 e. The van der Waals surface area contributed by atoms with Gasteiger partial charge in [0.1, 0.15) is 5.76 Å². The molecule has 146 valence electrons. The number of amides is 1. The van der Waals surface area contributed by atoms with Crippen molar-refractivity contribution in [3.8, 4) is 0 Å². The smallest absolute Gasteiger partial charge is 0.251 e. The first-order valence-corrected chi connectivity index (χ1v) is 11.0. The molecule has 0 atom stereocenters. The zero-order valence-electron chi connectivity index (χ0n) is 15.3. The van der Waals surface area contributed by atoms with E-state index in [4.69, 9.17) is 4.42 Å². The summed E-state index contributed by atoms with van der Waals surface area (Å²) in [5, 5.41) is 3.09. The molecule has 0 aliphatic heterocycles. The van der Waals surface area contributed by atoms with Crippen LogP contribution in [0.2, 0.25) is 0 Å².